The van der Waals surface area contributed by atoms with Crippen molar-refractivity contribution in [2.45, 2.75) is 131 Å². The van der Waals surface area contributed by atoms with Gasteiger partial charge in [0, 0.05) is 120 Å². The molecular formula is C93H130N20O25. The molecule has 138 heavy (non-hydrogen) atoms. The summed E-state index contributed by atoms with van der Waals surface area (Å²) in [6.45, 7) is 23.6. The van der Waals surface area contributed by atoms with E-state index in [-0.39, 0.29) is 135 Å². The zero-order valence-electron chi connectivity index (χ0n) is 79.7. The highest BCUT2D eigenvalue weighted by Crippen LogP contribution is 2.30. The number of anilines is 1. The lowest BCUT2D eigenvalue weighted by Crippen LogP contribution is -2.51. The van der Waals surface area contributed by atoms with Gasteiger partial charge in [-0.25, -0.2) is 4.79 Å². The average Bonchev–Trinajstić information content (AvgIpc) is 1.62. The summed E-state index contributed by atoms with van der Waals surface area (Å²) < 4.78 is 79.8. The van der Waals surface area contributed by atoms with Crippen LogP contribution in [0.5, 0.6) is 11.5 Å². The number of rotatable bonds is 61. The molecule has 0 saturated carbocycles. The van der Waals surface area contributed by atoms with Gasteiger partial charge in [-0.3, -0.25) is 71.9 Å². The molecule has 3 aromatic carbocycles. The van der Waals surface area contributed by atoms with Crippen LogP contribution in [-0.4, -0.2) is 346 Å². The van der Waals surface area contributed by atoms with E-state index in [9.17, 15) is 57.5 Å². The second kappa shape index (κ2) is 56.2. The van der Waals surface area contributed by atoms with Crippen LogP contribution in [0, 0.1) is 19.8 Å². The monoisotopic (exact) mass is 1930 g/mol. The Hall–Kier alpha value is -12.7. The molecular weight excluding hydrogens is 1800 g/mol. The van der Waals surface area contributed by atoms with Gasteiger partial charge < -0.3 is 123 Å². The van der Waals surface area contributed by atoms with Gasteiger partial charge in [-0.15, -0.1) is 0 Å². The molecule has 45 nitrogen and oxygen atoms in total. The van der Waals surface area contributed by atoms with Crippen molar-refractivity contribution in [3.8, 4) is 11.5 Å². The zero-order valence-corrected chi connectivity index (χ0v) is 79.7. The lowest BCUT2D eigenvalue weighted by atomic mass is 10.0. The summed E-state index contributed by atoms with van der Waals surface area (Å²) in [4.78, 5) is 178. The van der Waals surface area contributed by atoms with E-state index in [1.807, 2.05) is 39.8 Å². The number of nitrogens with one attached hydrogen (secondary N) is 6. The summed E-state index contributed by atoms with van der Waals surface area (Å²) in [5.74, 6) is -5.32. The van der Waals surface area contributed by atoms with Crippen LogP contribution >= 0.6 is 0 Å². The number of piperazine rings is 1. The third-order valence-corrected chi connectivity index (χ3v) is 22.3. The number of allylic oxidation sites excluding steroid dienone is 2. The van der Waals surface area contributed by atoms with Crippen molar-refractivity contribution in [3.63, 3.8) is 0 Å². The minimum atomic E-state index is -0.914. The number of benzene rings is 3. The molecule has 3 atom stereocenters. The Balaban J connectivity index is 0.563. The van der Waals surface area contributed by atoms with Gasteiger partial charge in [-0.1, -0.05) is 38.1 Å². The molecule has 752 valence electrons. The maximum absolute atomic E-state index is 14.1. The number of primary amides is 2. The van der Waals surface area contributed by atoms with E-state index in [0.717, 1.165) is 17.1 Å². The molecule has 2 fully saturated rings. The first-order valence-corrected chi connectivity index (χ1v) is 46.4. The number of likely N-dealkylation sites (tertiary alicyclic amines) is 1. The molecule has 10 rings (SSSR count). The summed E-state index contributed by atoms with van der Waals surface area (Å²) in [5.41, 5.74) is 16.9. The number of aryl methyl sites for hydroxylation is 4. The Morgan fingerprint density at radius 1 is 0.558 bits per heavy atom. The second-order valence-electron chi connectivity index (χ2n) is 32.8. The highest BCUT2D eigenvalue weighted by atomic mass is 16.6. The summed E-state index contributed by atoms with van der Waals surface area (Å²) >= 11 is 0. The average molecular weight is 1930 g/mol. The minimum Gasteiger partial charge on any atom is -0.494 e. The lowest BCUT2D eigenvalue weighted by Gasteiger charge is -2.34. The first-order chi connectivity index (χ1) is 66.7. The predicted octanol–water partition coefficient (Wildman–Crippen LogP) is 2.53. The minimum absolute atomic E-state index is 0.0189. The number of imide groups is 1. The standard InChI is InChI=1S/C93H130N20O25/c1-9-112-73(53-63(5)104-112)87(121)102-91-99-71-55-67(85(94)119)57-75(126-8)83(71)109(91)25-11-12-26-110-84-72(100-92(110)103-88(122)74-54-64(6)105-113(74)10-2)56-68(86(95)120)58-76(84)137-32-14-24-106-28-30-107(31-29-106)93(125)138-61-66-16-18-69(19-17-66)98-89(123)82(62(3)4)101-78(115)59-70-15-13-27-108(70)90(124)65(7)97-77(114)22-33-127-35-37-129-39-41-131-43-45-133-47-49-135-51-52-136-50-48-134-46-44-132-42-40-130-38-36-128-34-23-96-79(116)60-111-80(117)20-21-81(111)118/h11-12,16-21,53-58,62,65,70,82H,9-10,13-15,22-52,59-61H2,1-8H3,(H2,94,119)(H2,95,120)(H,96,116)(H,97,114)(H,98,123)(H,101,115)(H,99,102,121)(H,100,103,122)/b12-11+/t65-,70-,82-/m0/s1. The van der Waals surface area contributed by atoms with E-state index >= 15 is 0 Å². The Morgan fingerprint density at radius 2 is 1.03 bits per heavy atom. The summed E-state index contributed by atoms with van der Waals surface area (Å²) in [7, 11) is 1.45. The number of hydrogen-bond acceptors (Lipinski definition) is 28. The predicted molar refractivity (Wildman–Crippen MR) is 499 cm³/mol. The molecule has 7 aromatic rings. The SMILES string of the molecule is CCn1nc(C)cc1C(=O)N=c1[nH]c2cc(C(N)=O)cc(OC)c2n1C/C=C/Cn1c(=NC(=O)c2cc(C)nn2CC)[nH]c2cc(C(N)=O)cc(OCCCN3CCN(C(=O)OCc4ccc(NC(=O)[C@@H](NC(=O)C[C@@H]5CCCN5C(=O)[C@H](C)NC(=O)CCOCCOCCOCCOCCOCCOCCOCCOCCOCCOCCNC(=O)CN5C(=O)C=CC5=O)C(C)C)cc4)CC3)c21. The Labute approximate surface area is 798 Å². The van der Waals surface area contributed by atoms with Crippen molar-refractivity contribution in [2.75, 3.05) is 204 Å². The maximum atomic E-state index is 14.1. The van der Waals surface area contributed by atoms with Gasteiger partial charge >= 0.3 is 6.09 Å². The van der Waals surface area contributed by atoms with Gasteiger partial charge in [0.25, 0.3) is 23.6 Å². The van der Waals surface area contributed by atoms with Crippen LogP contribution in [0.4, 0.5) is 10.5 Å². The number of nitrogens with two attached hydrogens (primary N) is 2. The quantitative estimate of drug-likeness (QED) is 0.0154. The zero-order chi connectivity index (χ0) is 98.8. The van der Waals surface area contributed by atoms with E-state index < -0.39 is 77.4 Å². The fraction of sp³-hybridized carbons (Fsp3) is 0.548. The van der Waals surface area contributed by atoms with Crippen molar-refractivity contribution < 1.29 is 119 Å². The number of methoxy groups -OCH3 is 1. The lowest BCUT2D eigenvalue weighted by molar-refractivity contribution is -0.141. The Kier molecular flexibility index (Phi) is 43.7. The first-order valence-electron chi connectivity index (χ1n) is 46.4. The molecule has 3 aliphatic rings. The molecule has 0 spiro atoms. The number of fused-ring (bicyclic) bond motifs is 2. The summed E-state index contributed by atoms with van der Waals surface area (Å²) in [6.07, 6.45) is 7.13. The number of carbonyl (C=O) groups is 12. The molecule has 0 unspecified atom stereocenters. The number of aromatic amines is 2. The molecule has 2 saturated heterocycles. The molecule has 0 radical (unpaired) electrons. The van der Waals surface area contributed by atoms with Gasteiger partial charge in [-0.2, -0.15) is 20.2 Å². The maximum Gasteiger partial charge on any atom is 0.410 e. The second-order valence-corrected chi connectivity index (χ2v) is 32.8. The summed E-state index contributed by atoms with van der Waals surface area (Å²) in [5, 5.41) is 20.0. The third kappa shape index (κ3) is 33.3. The molecule has 45 heteroatoms. The van der Waals surface area contributed by atoms with Crippen molar-refractivity contribution in [3.05, 3.63) is 136 Å². The smallest absolute Gasteiger partial charge is 0.410 e. The third-order valence-electron chi connectivity index (χ3n) is 22.3. The van der Waals surface area contributed by atoms with Crippen LogP contribution < -0.4 is 53.4 Å². The van der Waals surface area contributed by atoms with Gasteiger partial charge in [0.2, 0.25) is 52.6 Å². The molecule has 3 aliphatic heterocycles. The largest absolute Gasteiger partial charge is 0.494 e. The molecule has 12 amide bonds. The number of carbonyl (C=O) groups excluding carboxylic acids is 12. The highest BCUT2D eigenvalue weighted by molar-refractivity contribution is 6.14. The topological polar surface area (TPSA) is 540 Å². The first kappa shape index (κ1) is 107. The van der Waals surface area contributed by atoms with Gasteiger partial charge in [0.1, 0.15) is 59.2 Å². The van der Waals surface area contributed by atoms with E-state index in [2.05, 4.69) is 56.3 Å². The van der Waals surface area contributed by atoms with E-state index in [0.29, 0.717) is 229 Å². The number of nitrogens with zero attached hydrogens (tertiary/aromatic N) is 12. The van der Waals surface area contributed by atoms with Crippen molar-refractivity contribution >= 4 is 98.8 Å². The van der Waals surface area contributed by atoms with E-state index in [1.54, 1.807) is 104 Å². The molecule has 7 heterocycles. The highest BCUT2D eigenvalue weighted by Gasteiger charge is 2.36. The molecule has 4 aromatic heterocycles. The van der Waals surface area contributed by atoms with Crippen LogP contribution in [0.1, 0.15) is 125 Å². The van der Waals surface area contributed by atoms with E-state index in [4.69, 9.17) is 73.0 Å². The number of amides is 12. The Bertz CT molecular complexity index is 5450. The molecule has 10 N–H and O–H groups in total. The number of H-pyrrole nitrogens is 2. The fourth-order valence-electron chi connectivity index (χ4n) is 15.2. The van der Waals surface area contributed by atoms with Crippen molar-refractivity contribution in [1.29, 1.82) is 0 Å². The van der Waals surface area contributed by atoms with Gasteiger partial charge in [0.15, 0.2) is 0 Å². The fourth-order valence-corrected chi connectivity index (χ4v) is 15.2. The Morgan fingerprint density at radius 3 is 1.50 bits per heavy atom. The van der Waals surface area contributed by atoms with Crippen LogP contribution in [-0.2, 0) is 118 Å². The number of hydrogen-bond donors (Lipinski definition) is 8. The van der Waals surface area contributed by atoms with E-state index in [1.165, 1.54) is 13.2 Å². The van der Waals surface area contributed by atoms with Gasteiger partial charge in [-0.05, 0) is 114 Å². The van der Waals surface area contributed by atoms with Crippen LogP contribution in [0.3, 0.4) is 0 Å². The molecule has 0 bridgehead atoms. The number of ether oxygens (including phenoxy) is 13. The van der Waals surface area contributed by atoms with Crippen LogP contribution in [0.15, 0.2) is 95.0 Å². The molecule has 0 aliphatic carbocycles. The van der Waals surface area contributed by atoms with Crippen LogP contribution in [0.2, 0.25) is 0 Å². The normalized spacial score (nSPS) is 14.8. The van der Waals surface area contributed by atoms with Crippen molar-refractivity contribution in [1.82, 2.24) is 74.2 Å². The summed E-state index contributed by atoms with van der Waals surface area (Å²) in [6, 6.07) is 14.1. The number of imidazole rings is 2. The van der Waals surface area contributed by atoms with Crippen molar-refractivity contribution in [2.24, 2.45) is 27.4 Å². The number of aromatic nitrogens is 8. The van der Waals surface area contributed by atoms with Gasteiger partial charge in [0.05, 0.1) is 168 Å². The van der Waals surface area contributed by atoms with Crippen LogP contribution in [0.25, 0.3) is 22.1 Å².